The van der Waals surface area contributed by atoms with Gasteiger partial charge in [0, 0.05) is 35.8 Å². The molecule has 2 aliphatic rings. The monoisotopic (exact) mass is 309 g/mol. The maximum atomic E-state index is 6.04. The van der Waals surface area contributed by atoms with Crippen molar-refractivity contribution in [2.75, 3.05) is 25.0 Å². The van der Waals surface area contributed by atoms with E-state index in [0.717, 1.165) is 29.2 Å². The van der Waals surface area contributed by atoms with Crippen LogP contribution in [0.4, 0.5) is 5.69 Å². The van der Waals surface area contributed by atoms with Crippen molar-refractivity contribution in [1.82, 2.24) is 4.90 Å². The van der Waals surface area contributed by atoms with Crippen molar-refractivity contribution < 1.29 is 0 Å². The fraction of sp³-hybridized carbons (Fsp3) is 0.571. The summed E-state index contributed by atoms with van der Waals surface area (Å²) in [5.41, 5.74) is 7.26. The maximum Gasteiger partial charge on any atom is 0.0634 e. The molecule has 1 atom stereocenters. The zero-order valence-electron chi connectivity index (χ0n) is 10.5. The summed E-state index contributed by atoms with van der Waals surface area (Å²) in [4.78, 5) is 2.60. The summed E-state index contributed by atoms with van der Waals surface area (Å²) >= 11 is 3.51. The van der Waals surface area contributed by atoms with E-state index in [1.54, 1.807) is 0 Å². The highest BCUT2D eigenvalue weighted by atomic mass is 79.9. The summed E-state index contributed by atoms with van der Waals surface area (Å²) in [5.74, 6) is 0. The Kier molecular flexibility index (Phi) is 3.34. The number of hydrogen-bond donors (Lipinski definition) is 2. The summed E-state index contributed by atoms with van der Waals surface area (Å²) in [5, 5.41) is 3.66. The van der Waals surface area contributed by atoms with E-state index in [2.05, 4.69) is 44.3 Å². The van der Waals surface area contributed by atoms with Gasteiger partial charge in [0.15, 0.2) is 0 Å². The fourth-order valence-corrected chi connectivity index (χ4v) is 3.25. The molecule has 1 heterocycles. The number of anilines is 1. The van der Waals surface area contributed by atoms with E-state index in [1.807, 2.05) is 6.07 Å². The number of nitrogens with one attached hydrogen (secondary N) is 1. The van der Waals surface area contributed by atoms with Crippen molar-refractivity contribution in [3.8, 4) is 0 Å². The van der Waals surface area contributed by atoms with Gasteiger partial charge in [-0.15, -0.1) is 0 Å². The summed E-state index contributed by atoms with van der Waals surface area (Å²) in [6.45, 7) is 2.96. The van der Waals surface area contributed by atoms with Crippen molar-refractivity contribution in [2.24, 2.45) is 5.73 Å². The van der Waals surface area contributed by atoms with Gasteiger partial charge in [-0.3, -0.25) is 4.90 Å². The van der Waals surface area contributed by atoms with Gasteiger partial charge in [-0.25, -0.2) is 0 Å². The molecule has 1 aromatic carbocycles. The standard InChI is InChI=1S/C14H20BrN3/c15-11-2-1-3-12(8-11)17-14(9-16)6-7-18(10-14)13-4-5-13/h1-3,8,13,17H,4-7,9-10,16H2. The molecule has 1 aliphatic heterocycles. The first-order valence-electron chi connectivity index (χ1n) is 6.69. The van der Waals surface area contributed by atoms with Crippen LogP contribution in [0.15, 0.2) is 28.7 Å². The third-order valence-electron chi connectivity index (χ3n) is 4.07. The number of hydrogen-bond acceptors (Lipinski definition) is 3. The molecule has 0 bridgehead atoms. The number of benzene rings is 1. The van der Waals surface area contributed by atoms with E-state index in [-0.39, 0.29) is 5.54 Å². The summed E-state index contributed by atoms with van der Waals surface area (Å²) in [6, 6.07) is 9.18. The van der Waals surface area contributed by atoms with Gasteiger partial charge in [-0.1, -0.05) is 22.0 Å². The molecule has 0 radical (unpaired) electrons. The lowest BCUT2D eigenvalue weighted by Gasteiger charge is -2.30. The second kappa shape index (κ2) is 4.83. The fourth-order valence-electron chi connectivity index (χ4n) is 2.85. The Hall–Kier alpha value is -0.580. The lowest BCUT2D eigenvalue weighted by atomic mass is 9.98. The summed E-state index contributed by atoms with van der Waals surface area (Å²) < 4.78 is 1.11. The zero-order chi connectivity index (χ0) is 12.6. The Bertz CT molecular complexity index is 433. The molecule has 0 aromatic heterocycles. The Morgan fingerprint density at radius 1 is 1.44 bits per heavy atom. The molecule has 1 saturated carbocycles. The van der Waals surface area contributed by atoms with Gasteiger partial charge in [0.05, 0.1) is 5.54 Å². The third kappa shape index (κ3) is 2.56. The molecule has 3 N–H and O–H groups in total. The quantitative estimate of drug-likeness (QED) is 0.897. The molecule has 98 valence electrons. The first-order chi connectivity index (χ1) is 8.71. The van der Waals surface area contributed by atoms with Crippen molar-refractivity contribution >= 4 is 21.6 Å². The molecular weight excluding hydrogens is 290 g/mol. The Morgan fingerprint density at radius 3 is 2.94 bits per heavy atom. The van der Waals surface area contributed by atoms with E-state index >= 15 is 0 Å². The van der Waals surface area contributed by atoms with Gasteiger partial charge in [-0.05, 0) is 37.5 Å². The highest BCUT2D eigenvalue weighted by Crippen LogP contribution is 2.34. The molecular formula is C14H20BrN3. The highest BCUT2D eigenvalue weighted by Gasteiger charge is 2.42. The van der Waals surface area contributed by atoms with Crippen LogP contribution < -0.4 is 11.1 Å². The Labute approximate surface area is 117 Å². The van der Waals surface area contributed by atoms with E-state index in [9.17, 15) is 0 Å². The van der Waals surface area contributed by atoms with Gasteiger partial charge < -0.3 is 11.1 Å². The predicted molar refractivity (Wildman–Crippen MR) is 78.8 cm³/mol. The van der Waals surface area contributed by atoms with Crippen LogP contribution in [0.3, 0.4) is 0 Å². The van der Waals surface area contributed by atoms with Crippen LogP contribution >= 0.6 is 15.9 Å². The molecule has 3 rings (SSSR count). The number of likely N-dealkylation sites (tertiary alicyclic amines) is 1. The number of nitrogens with two attached hydrogens (primary N) is 1. The third-order valence-corrected chi connectivity index (χ3v) is 4.56. The summed E-state index contributed by atoms with van der Waals surface area (Å²) in [7, 11) is 0. The second-order valence-corrected chi connectivity index (χ2v) is 6.49. The van der Waals surface area contributed by atoms with Crippen LogP contribution in [0.25, 0.3) is 0 Å². The first-order valence-corrected chi connectivity index (χ1v) is 7.48. The molecule has 1 saturated heterocycles. The average molecular weight is 310 g/mol. The minimum Gasteiger partial charge on any atom is -0.377 e. The van der Waals surface area contributed by atoms with E-state index in [1.165, 1.54) is 19.4 Å². The van der Waals surface area contributed by atoms with Crippen LogP contribution in [0.2, 0.25) is 0 Å². The Balaban J connectivity index is 1.72. The highest BCUT2D eigenvalue weighted by molar-refractivity contribution is 9.10. The molecule has 3 nitrogen and oxygen atoms in total. The SMILES string of the molecule is NCC1(Nc2cccc(Br)c2)CCN(C2CC2)C1. The molecule has 1 aliphatic carbocycles. The van der Waals surface area contributed by atoms with Gasteiger partial charge in [0.1, 0.15) is 0 Å². The van der Waals surface area contributed by atoms with E-state index in [0.29, 0.717) is 6.54 Å². The molecule has 18 heavy (non-hydrogen) atoms. The topological polar surface area (TPSA) is 41.3 Å². The number of rotatable bonds is 4. The van der Waals surface area contributed by atoms with E-state index < -0.39 is 0 Å². The number of nitrogens with zero attached hydrogens (tertiary/aromatic N) is 1. The van der Waals surface area contributed by atoms with Crippen molar-refractivity contribution in [2.45, 2.75) is 30.8 Å². The molecule has 0 spiro atoms. The smallest absolute Gasteiger partial charge is 0.0634 e. The molecule has 1 aromatic rings. The Morgan fingerprint density at radius 2 is 2.28 bits per heavy atom. The predicted octanol–water partition coefficient (Wildman–Crippen LogP) is 2.43. The van der Waals surface area contributed by atoms with Gasteiger partial charge in [-0.2, -0.15) is 0 Å². The van der Waals surface area contributed by atoms with Crippen LogP contribution in [0.5, 0.6) is 0 Å². The van der Waals surface area contributed by atoms with Gasteiger partial charge in [0.2, 0.25) is 0 Å². The molecule has 1 unspecified atom stereocenters. The largest absolute Gasteiger partial charge is 0.377 e. The minimum atomic E-state index is 0.0589. The molecule has 0 amide bonds. The summed E-state index contributed by atoms with van der Waals surface area (Å²) in [6.07, 6.45) is 3.89. The first kappa shape index (κ1) is 12.5. The van der Waals surface area contributed by atoms with Crippen LogP contribution in [0, 0.1) is 0 Å². The van der Waals surface area contributed by atoms with Crippen LogP contribution in [0.1, 0.15) is 19.3 Å². The lowest BCUT2D eigenvalue weighted by Crippen LogP contribution is -2.48. The van der Waals surface area contributed by atoms with Crippen LogP contribution in [-0.4, -0.2) is 36.1 Å². The van der Waals surface area contributed by atoms with Gasteiger partial charge >= 0.3 is 0 Å². The van der Waals surface area contributed by atoms with Crippen molar-refractivity contribution in [3.05, 3.63) is 28.7 Å². The zero-order valence-corrected chi connectivity index (χ0v) is 12.1. The maximum absolute atomic E-state index is 6.04. The number of halogens is 1. The minimum absolute atomic E-state index is 0.0589. The normalized spacial score (nSPS) is 28.6. The lowest BCUT2D eigenvalue weighted by molar-refractivity contribution is 0.309. The van der Waals surface area contributed by atoms with E-state index in [4.69, 9.17) is 5.73 Å². The molecule has 4 heteroatoms. The van der Waals surface area contributed by atoms with Crippen molar-refractivity contribution in [3.63, 3.8) is 0 Å². The van der Waals surface area contributed by atoms with Crippen LogP contribution in [-0.2, 0) is 0 Å². The van der Waals surface area contributed by atoms with Crippen molar-refractivity contribution in [1.29, 1.82) is 0 Å². The average Bonchev–Trinajstić information content (AvgIpc) is 3.12. The molecule has 2 fully saturated rings. The van der Waals surface area contributed by atoms with Gasteiger partial charge in [0.25, 0.3) is 0 Å². The second-order valence-electron chi connectivity index (χ2n) is 5.57.